The van der Waals surface area contributed by atoms with Gasteiger partial charge >= 0.3 is 0 Å². The molecule has 0 atom stereocenters. The van der Waals surface area contributed by atoms with Crippen molar-refractivity contribution >= 4 is 12.2 Å². The Morgan fingerprint density at radius 1 is 0.857 bits per heavy atom. The van der Waals surface area contributed by atoms with E-state index in [1.54, 1.807) is 24.3 Å². The van der Waals surface area contributed by atoms with Crippen LogP contribution in [0.25, 0.3) is 0 Å². The average molecular weight is 389 g/mol. The lowest BCUT2D eigenvalue weighted by atomic mass is 10.1. The van der Waals surface area contributed by atoms with Crippen molar-refractivity contribution in [1.29, 1.82) is 0 Å². The molecule has 1 N–H and O–H groups in total. The van der Waals surface area contributed by atoms with E-state index in [1.807, 2.05) is 0 Å². The summed E-state index contributed by atoms with van der Waals surface area (Å²) in [7, 11) is 6.06. The molecule has 0 aliphatic rings. The molecule has 0 saturated carbocycles. The molecule has 2 aromatic carbocycles. The van der Waals surface area contributed by atoms with Gasteiger partial charge in [0.05, 0.1) is 28.4 Å². The van der Waals surface area contributed by atoms with Crippen LogP contribution in [0.3, 0.4) is 0 Å². The Morgan fingerprint density at radius 2 is 1.46 bits per heavy atom. The molecule has 0 unspecified atom stereocenters. The van der Waals surface area contributed by atoms with Crippen LogP contribution in [0.5, 0.6) is 28.7 Å². The third kappa shape index (κ3) is 5.06. The van der Waals surface area contributed by atoms with E-state index in [0.29, 0.717) is 40.6 Å². The van der Waals surface area contributed by atoms with Crippen LogP contribution in [0.1, 0.15) is 15.9 Å². The summed E-state index contributed by atoms with van der Waals surface area (Å²) in [6.45, 7) is -0.000658. The van der Waals surface area contributed by atoms with Crippen LogP contribution in [0, 0.1) is 0 Å². The molecule has 8 nitrogen and oxygen atoms in total. The first-order chi connectivity index (χ1) is 13.6. The van der Waals surface area contributed by atoms with Crippen molar-refractivity contribution in [3.05, 3.63) is 41.5 Å². The van der Waals surface area contributed by atoms with Gasteiger partial charge in [0.25, 0.3) is 5.91 Å². The lowest BCUT2D eigenvalue weighted by Gasteiger charge is -2.15. The fraction of sp³-hybridized carbons (Fsp3) is 0.300. The number of aldehydes is 1. The maximum atomic E-state index is 12.2. The summed E-state index contributed by atoms with van der Waals surface area (Å²) in [5, 5.41) is 2.76. The third-order valence-corrected chi connectivity index (χ3v) is 3.95. The molecule has 0 radical (unpaired) electrons. The first-order valence-corrected chi connectivity index (χ1v) is 8.37. The van der Waals surface area contributed by atoms with Gasteiger partial charge in [0.1, 0.15) is 12.0 Å². The molecule has 0 heterocycles. The molecule has 2 rings (SSSR count). The van der Waals surface area contributed by atoms with Crippen LogP contribution in [0.15, 0.2) is 30.3 Å². The van der Waals surface area contributed by atoms with Crippen molar-refractivity contribution in [1.82, 2.24) is 5.32 Å². The molecule has 150 valence electrons. The number of hydrogen-bond donors (Lipinski definition) is 1. The molecule has 1 amide bonds. The van der Waals surface area contributed by atoms with Crippen LogP contribution < -0.4 is 29.0 Å². The fourth-order valence-electron chi connectivity index (χ4n) is 2.50. The minimum atomic E-state index is -0.335. The second-order valence-electron chi connectivity index (χ2n) is 5.61. The standard InChI is InChI=1S/C20H23NO7/c1-24-16-9-19(27-4)18(26-3)8-14(16)10-21-20(23)12-28-15-6-5-13(11-22)7-17(15)25-2/h5-9,11H,10,12H2,1-4H3,(H,21,23). The Kier molecular flexibility index (Phi) is 7.50. The van der Waals surface area contributed by atoms with Gasteiger partial charge in [0, 0.05) is 23.7 Å². The number of carbonyl (C=O) groups is 2. The summed E-state index contributed by atoms with van der Waals surface area (Å²) in [6, 6.07) is 8.12. The molecule has 0 aliphatic carbocycles. The number of benzene rings is 2. The predicted molar refractivity (Wildman–Crippen MR) is 102 cm³/mol. The van der Waals surface area contributed by atoms with E-state index >= 15 is 0 Å². The number of amides is 1. The Balaban J connectivity index is 2.00. The number of rotatable bonds is 10. The van der Waals surface area contributed by atoms with Gasteiger partial charge in [-0.15, -0.1) is 0 Å². The fourth-order valence-corrected chi connectivity index (χ4v) is 2.50. The van der Waals surface area contributed by atoms with Crippen LogP contribution in [-0.2, 0) is 11.3 Å². The molecule has 0 aliphatic heterocycles. The van der Waals surface area contributed by atoms with Gasteiger partial charge in [0.2, 0.25) is 0 Å². The van der Waals surface area contributed by atoms with E-state index in [0.717, 1.165) is 5.56 Å². The summed E-state index contributed by atoms with van der Waals surface area (Å²) in [6.07, 6.45) is 0.704. The first-order valence-electron chi connectivity index (χ1n) is 8.37. The number of hydrogen-bond acceptors (Lipinski definition) is 7. The maximum Gasteiger partial charge on any atom is 0.258 e. The Bertz CT molecular complexity index is 836. The molecule has 28 heavy (non-hydrogen) atoms. The normalized spacial score (nSPS) is 10.0. The monoisotopic (exact) mass is 389 g/mol. The topological polar surface area (TPSA) is 92.3 Å². The van der Waals surface area contributed by atoms with Crippen molar-refractivity contribution in [2.75, 3.05) is 35.0 Å². The smallest absolute Gasteiger partial charge is 0.258 e. The quantitative estimate of drug-likeness (QED) is 0.623. The molecular weight excluding hydrogens is 366 g/mol. The number of nitrogens with one attached hydrogen (secondary N) is 1. The minimum Gasteiger partial charge on any atom is -0.496 e. The first kappa shape index (κ1) is 20.9. The second-order valence-corrected chi connectivity index (χ2v) is 5.61. The largest absolute Gasteiger partial charge is 0.496 e. The third-order valence-electron chi connectivity index (χ3n) is 3.95. The van der Waals surface area contributed by atoms with Crippen LogP contribution >= 0.6 is 0 Å². The van der Waals surface area contributed by atoms with Crippen molar-refractivity contribution in [2.45, 2.75) is 6.54 Å². The lowest BCUT2D eigenvalue weighted by Crippen LogP contribution is -2.28. The molecule has 2 aromatic rings. The van der Waals surface area contributed by atoms with Crippen molar-refractivity contribution < 1.29 is 33.3 Å². The van der Waals surface area contributed by atoms with E-state index in [1.165, 1.54) is 34.5 Å². The molecule has 0 fully saturated rings. The Morgan fingerprint density at radius 3 is 2.07 bits per heavy atom. The zero-order chi connectivity index (χ0) is 20.5. The van der Waals surface area contributed by atoms with E-state index in [-0.39, 0.29) is 19.1 Å². The molecule has 8 heteroatoms. The molecule has 0 aromatic heterocycles. The van der Waals surface area contributed by atoms with Gasteiger partial charge in [-0.2, -0.15) is 0 Å². The summed E-state index contributed by atoms with van der Waals surface area (Å²) in [5.41, 5.74) is 1.18. The minimum absolute atomic E-state index is 0.215. The summed E-state index contributed by atoms with van der Waals surface area (Å²) < 4.78 is 26.5. The highest BCUT2D eigenvalue weighted by Gasteiger charge is 2.13. The highest BCUT2D eigenvalue weighted by atomic mass is 16.5. The zero-order valence-corrected chi connectivity index (χ0v) is 16.2. The number of ether oxygens (including phenoxy) is 5. The van der Waals surface area contributed by atoms with Gasteiger partial charge in [-0.05, 0) is 24.3 Å². The molecule has 0 bridgehead atoms. The molecule has 0 saturated heterocycles. The number of methoxy groups -OCH3 is 4. The van der Waals surface area contributed by atoms with Gasteiger partial charge in [-0.1, -0.05) is 0 Å². The zero-order valence-electron chi connectivity index (χ0n) is 16.2. The lowest BCUT2D eigenvalue weighted by molar-refractivity contribution is -0.123. The van der Waals surface area contributed by atoms with Gasteiger partial charge in [-0.3, -0.25) is 9.59 Å². The maximum absolute atomic E-state index is 12.2. The van der Waals surface area contributed by atoms with E-state index in [2.05, 4.69) is 5.32 Å². The van der Waals surface area contributed by atoms with Gasteiger partial charge < -0.3 is 29.0 Å². The molecular formula is C20H23NO7. The summed E-state index contributed by atoms with van der Waals surface area (Å²) in [4.78, 5) is 23.0. The van der Waals surface area contributed by atoms with E-state index in [4.69, 9.17) is 23.7 Å². The van der Waals surface area contributed by atoms with Crippen molar-refractivity contribution in [3.63, 3.8) is 0 Å². The Hall–Kier alpha value is -3.42. The van der Waals surface area contributed by atoms with Crippen LogP contribution in [0.2, 0.25) is 0 Å². The Labute approximate surface area is 163 Å². The SMILES string of the molecule is COc1cc(OC)c(OC)cc1CNC(=O)COc1ccc(C=O)cc1OC. The predicted octanol–water partition coefficient (Wildman–Crippen LogP) is 2.23. The van der Waals surface area contributed by atoms with Gasteiger partial charge in [-0.25, -0.2) is 0 Å². The van der Waals surface area contributed by atoms with Gasteiger partial charge in [0.15, 0.2) is 29.6 Å². The average Bonchev–Trinajstić information content (AvgIpc) is 2.75. The number of carbonyl (C=O) groups excluding carboxylic acids is 2. The van der Waals surface area contributed by atoms with Crippen molar-refractivity contribution in [2.24, 2.45) is 0 Å². The van der Waals surface area contributed by atoms with Crippen LogP contribution in [-0.4, -0.2) is 47.2 Å². The molecule has 0 spiro atoms. The summed E-state index contributed by atoms with van der Waals surface area (Å²) in [5.74, 6) is 2.03. The van der Waals surface area contributed by atoms with E-state index in [9.17, 15) is 9.59 Å². The second kappa shape index (κ2) is 10.1. The van der Waals surface area contributed by atoms with Crippen LogP contribution in [0.4, 0.5) is 0 Å². The highest BCUT2D eigenvalue weighted by Crippen LogP contribution is 2.34. The van der Waals surface area contributed by atoms with E-state index < -0.39 is 0 Å². The summed E-state index contributed by atoms with van der Waals surface area (Å²) >= 11 is 0. The van der Waals surface area contributed by atoms with Crippen molar-refractivity contribution in [3.8, 4) is 28.7 Å². The highest BCUT2D eigenvalue weighted by molar-refractivity contribution is 5.78.